The molecule has 0 atom stereocenters. The van der Waals surface area contributed by atoms with Gasteiger partial charge >= 0.3 is 0 Å². The summed E-state index contributed by atoms with van der Waals surface area (Å²) in [4.78, 5) is 4.49. The van der Waals surface area contributed by atoms with E-state index in [1.54, 1.807) is 6.26 Å². The maximum atomic E-state index is 5.38. The van der Waals surface area contributed by atoms with Crippen LogP contribution in [-0.2, 0) is 12.8 Å². The van der Waals surface area contributed by atoms with Crippen molar-refractivity contribution in [2.75, 3.05) is 0 Å². The fourth-order valence-corrected chi connectivity index (χ4v) is 3.41. The Hall–Kier alpha value is -2.87. The highest BCUT2D eigenvalue weighted by Gasteiger charge is 2.16. The lowest BCUT2D eigenvalue weighted by Crippen LogP contribution is -1.95. The van der Waals surface area contributed by atoms with Gasteiger partial charge in [-0.3, -0.25) is 0 Å². The monoisotopic (exact) mass is 367 g/mol. The van der Waals surface area contributed by atoms with Gasteiger partial charge in [0.15, 0.2) is 11.0 Å². The van der Waals surface area contributed by atoms with Crippen molar-refractivity contribution in [1.29, 1.82) is 0 Å². The molecule has 3 heterocycles. The van der Waals surface area contributed by atoms with E-state index >= 15 is 0 Å². The summed E-state index contributed by atoms with van der Waals surface area (Å²) in [5, 5.41) is 13.4. The van der Waals surface area contributed by atoms with Gasteiger partial charge in [-0.25, -0.2) is 0 Å². The number of furan rings is 1. The first-order valence-electron chi connectivity index (χ1n) is 8.08. The number of rotatable bonds is 5. The fourth-order valence-electron chi connectivity index (χ4n) is 2.67. The number of hydrogen-bond donors (Lipinski definition) is 0. The molecular weight excluding hydrogens is 350 g/mol. The third-order valence-corrected chi connectivity index (χ3v) is 5.12. The summed E-state index contributed by atoms with van der Waals surface area (Å²) in [6.07, 6.45) is 1.65. The van der Waals surface area contributed by atoms with Gasteiger partial charge in [-0.2, -0.15) is 4.98 Å². The minimum atomic E-state index is 0.523. The number of aromatic nitrogens is 5. The van der Waals surface area contributed by atoms with Crippen molar-refractivity contribution >= 4 is 11.8 Å². The van der Waals surface area contributed by atoms with Gasteiger partial charge in [0.1, 0.15) is 5.76 Å². The molecular formula is C18H17N5O2S. The van der Waals surface area contributed by atoms with Crippen molar-refractivity contribution < 1.29 is 8.94 Å². The van der Waals surface area contributed by atoms with Crippen LogP contribution in [0.4, 0.5) is 0 Å². The zero-order valence-electron chi connectivity index (χ0n) is 14.6. The van der Waals surface area contributed by atoms with Crippen LogP contribution in [0.3, 0.4) is 0 Å². The van der Waals surface area contributed by atoms with Gasteiger partial charge in [0.2, 0.25) is 11.7 Å². The van der Waals surface area contributed by atoms with Crippen LogP contribution in [0.25, 0.3) is 22.8 Å². The predicted molar refractivity (Wildman–Crippen MR) is 97.5 cm³/mol. The number of thioether (sulfide) groups is 1. The fraction of sp³-hybridized carbons (Fsp3) is 0.222. The van der Waals surface area contributed by atoms with Gasteiger partial charge in [0.05, 0.1) is 17.6 Å². The molecule has 4 rings (SSSR count). The summed E-state index contributed by atoms with van der Waals surface area (Å²) in [5.41, 5.74) is 3.02. The quantitative estimate of drug-likeness (QED) is 0.492. The Morgan fingerprint density at radius 3 is 2.69 bits per heavy atom. The van der Waals surface area contributed by atoms with Gasteiger partial charge < -0.3 is 13.5 Å². The summed E-state index contributed by atoms with van der Waals surface area (Å²) in [5.74, 6) is 3.26. The second-order valence-electron chi connectivity index (χ2n) is 5.87. The van der Waals surface area contributed by atoms with Crippen LogP contribution in [0, 0.1) is 13.8 Å². The molecule has 3 aromatic heterocycles. The van der Waals surface area contributed by atoms with Crippen molar-refractivity contribution in [3.8, 4) is 22.8 Å². The van der Waals surface area contributed by atoms with Crippen molar-refractivity contribution in [2.24, 2.45) is 7.05 Å². The second kappa shape index (κ2) is 6.80. The van der Waals surface area contributed by atoms with Gasteiger partial charge in [0, 0.05) is 12.6 Å². The van der Waals surface area contributed by atoms with E-state index in [9.17, 15) is 0 Å². The summed E-state index contributed by atoms with van der Waals surface area (Å²) in [6.45, 7) is 3.93. The average Bonchev–Trinajstić information content (AvgIpc) is 3.34. The third-order valence-electron chi connectivity index (χ3n) is 4.11. The lowest BCUT2D eigenvalue weighted by atomic mass is 10.1. The number of aryl methyl sites for hydroxylation is 2. The topological polar surface area (TPSA) is 82.8 Å². The standard InChI is InChI=1S/C18H17N5O2S/c1-11-6-4-5-7-13(11)16-19-15(25-22-16)10-26-18-21-20-17(23(18)3)14-8-9-24-12(14)2/h4-9H,10H2,1-3H3. The molecule has 7 nitrogen and oxygen atoms in total. The molecule has 1 aromatic carbocycles. The van der Waals surface area contributed by atoms with Crippen LogP contribution < -0.4 is 0 Å². The largest absolute Gasteiger partial charge is 0.469 e. The third kappa shape index (κ3) is 3.03. The number of hydrogen-bond acceptors (Lipinski definition) is 7. The maximum Gasteiger partial charge on any atom is 0.237 e. The van der Waals surface area contributed by atoms with Gasteiger partial charge in [-0.05, 0) is 25.5 Å². The van der Waals surface area contributed by atoms with Crippen molar-refractivity contribution in [1.82, 2.24) is 24.9 Å². The number of benzene rings is 1. The Morgan fingerprint density at radius 1 is 1.08 bits per heavy atom. The molecule has 0 saturated carbocycles. The highest BCUT2D eigenvalue weighted by atomic mass is 32.2. The summed E-state index contributed by atoms with van der Waals surface area (Å²) in [6, 6.07) is 9.85. The second-order valence-corrected chi connectivity index (χ2v) is 6.81. The first-order chi connectivity index (χ1) is 12.6. The highest BCUT2D eigenvalue weighted by Crippen LogP contribution is 2.28. The van der Waals surface area contributed by atoms with Crippen molar-refractivity contribution in [2.45, 2.75) is 24.8 Å². The summed E-state index contributed by atoms with van der Waals surface area (Å²) < 4.78 is 12.7. The normalized spacial score (nSPS) is 11.2. The van der Waals surface area contributed by atoms with E-state index in [2.05, 4.69) is 20.3 Å². The lowest BCUT2D eigenvalue weighted by Gasteiger charge is -2.01. The zero-order valence-corrected chi connectivity index (χ0v) is 15.4. The maximum absolute atomic E-state index is 5.38. The Morgan fingerprint density at radius 2 is 1.92 bits per heavy atom. The molecule has 0 aliphatic carbocycles. The van der Waals surface area contributed by atoms with Crippen LogP contribution in [0.1, 0.15) is 17.2 Å². The minimum Gasteiger partial charge on any atom is -0.469 e. The van der Waals surface area contributed by atoms with E-state index in [-0.39, 0.29) is 0 Å². The molecule has 0 aliphatic heterocycles. The molecule has 0 unspecified atom stereocenters. The van der Waals surface area contributed by atoms with E-state index in [4.69, 9.17) is 8.94 Å². The molecule has 0 radical (unpaired) electrons. The van der Waals surface area contributed by atoms with E-state index in [1.807, 2.05) is 55.8 Å². The van der Waals surface area contributed by atoms with Crippen LogP contribution in [-0.4, -0.2) is 24.9 Å². The van der Waals surface area contributed by atoms with Crippen LogP contribution in [0.2, 0.25) is 0 Å². The van der Waals surface area contributed by atoms with Crippen LogP contribution >= 0.6 is 11.8 Å². The van der Waals surface area contributed by atoms with Gasteiger partial charge in [0.25, 0.3) is 0 Å². The van der Waals surface area contributed by atoms with Crippen LogP contribution in [0.15, 0.2) is 50.7 Å². The average molecular weight is 367 g/mol. The van der Waals surface area contributed by atoms with E-state index in [1.165, 1.54) is 11.8 Å². The Kier molecular flexibility index (Phi) is 4.34. The van der Waals surface area contributed by atoms with Gasteiger partial charge in [-0.15, -0.1) is 10.2 Å². The Balaban J connectivity index is 1.50. The predicted octanol–water partition coefficient (Wildman–Crippen LogP) is 4.03. The molecule has 4 aromatic rings. The molecule has 8 heteroatoms. The molecule has 0 aliphatic rings. The molecule has 26 heavy (non-hydrogen) atoms. The van der Waals surface area contributed by atoms with Crippen molar-refractivity contribution in [3.05, 3.63) is 53.8 Å². The van der Waals surface area contributed by atoms with Gasteiger partial charge in [-0.1, -0.05) is 41.2 Å². The highest BCUT2D eigenvalue weighted by molar-refractivity contribution is 7.98. The minimum absolute atomic E-state index is 0.523. The molecule has 0 spiro atoms. The van der Waals surface area contributed by atoms with Crippen molar-refractivity contribution in [3.63, 3.8) is 0 Å². The zero-order chi connectivity index (χ0) is 18.1. The molecule has 0 N–H and O–H groups in total. The molecule has 0 fully saturated rings. The first-order valence-corrected chi connectivity index (χ1v) is 9.07. The first kappa shape index (κ1) is 16.6. The number of nitrogens with zero attached hydrogens (tertiary/aromatic N) is 5. The Labute approximate surface area is 154 Å². The van der Waals surface area contributed by atoms with E-state index in [0.717, 1.165) is 33.4 Å². The van der Waals surface area contributed by atoms with Crippen LogP contribution in [0.5, 0.6) is 0 Å². The molecule has 0 saturated heterocycles. The molecule has 0 bridgehead atoms. The van der Waals surface area contributed by atoms with E-state index in [0.29, 0.717) is 17.5 Å². The Bertz CT molecular complexity index is 1050. The summed E-state index contributed by atoms with van der Waals surface area (Å²) in [7, 11) is 1.93. The smallest absolute Gasteiger partial charge is 0.237 e. The summed E-state index contributed by atoms with van der Waals surface area (Å²) >= 11 is 1.50. The van der Waals surface area contributed by atoms with E-state index < -0.39 is 0 Å². The molecule has 0 amide bonds. The lowest BCUT2D eigenvalue weighted by molar-refractivity contribution is 0.391. The molecule has 132 valence electrons. The SMILES string of the molecule is Cc1ccccc1-c1noc(CSc2nnc(-c3ccoc3C)n2C)n1.